The number of benzene rings is 2. The van der Waals surface area contributed by atoms with E-state index < -0.39 is 0 Å². The maximum Gasteiger partial charge on any atom is 0.243 e. The highest BCUT2D eigenvalue weighted by Crippen LogP contribution is 2.20. The van der Waals surface area contributed by atoms with Crippen LogP contribution in [0.2, 0.25) is 0 Å². The van der Waals surface area contributed by atoms with Gasteiger partial charge in [-0.2, -0.15) is 0 Å². The van der Waals surface area contributed by atoms with E-state index in [9.17, 15) is 4.79 Å². The van der Waals surface area contributed by atoms with Crippen molar-refractivity contribution in [2.24, 2.45) is 0 Å². The lowest BCUT2D eigenvalue weighted by molar-refractivity contribution is -0.115. The molecule has 0 aliphatic carbocycles. The summed E-state index contributed by atoms with van der Waals surface area (Å²) in [5, 5.41) is 9.12. The minimum Gasteiger partial charge on any atom is -0.353 e. The van der Waals surface area contributed by atoms with Crippen LogP contribution in [0.5, 0.6) is 0 Å². The van der Waals surface area contributed by atoms with Crippen LogP contribution < -0.4 is 16.0 Å². The number of carbonyl (C=O) groups excluding carboxylic acids is 1. The van der Waals surface area contributed by atoms with Crippen molar-refractivity contribution >= 4 is 50.5 Å². The van der Waals surface area contributed by atoms with Gasteiger partial charge in [0.1, 0.15) is 0 Å². The first-order valence-electron chi connectivity index (χ1n) is 6.70. The van der Waals surface area contributed by atoms with Gasteiger partial charge in [-0.1, -0.05) is 29.8 Å². The lowest BCUT2D eigenvalue weighted by Gasteiger charge is -2.11. The standard InChI is InChI=1S/C16H16BrN3OS/c1-11-6-8-12(9-7-11)19-16(22)18-10-15(21)20-14-5-3-2-4-13(14)17/h2-9H,10H2,1H3,(H,20,21)(H2,18,19,22). The summed E-state index contributed by atoms with van der Waals surface area (Å²) in [6.07, 6.45) is 0. The van der Waals surface area contributed by atoms with Gasteiger partial charge in [-0.15, -0.1) is 0 Å². The summed E-state index contributed by atoms with van der Waals surface area (Å²) < 4.78 is 0.837. The lowest BCUT2D eigenvalue weighted by atomic mass is 10.2. The van der Waals surface area contributed by atoms with Crippen molar-refractivity contribution in [1.82, 2.24) is 5.32 Å². The molecule has 0 aromatic heterocycles. The average molecular weight is 378 g/mol. The van der Waals surface area contributed by atoms with Gasteiger partial charge in [-0.25, -0.2) is 0 Å². The molecule has 0 spiro atoms. The number of amides is 1. The van der Waals surface area contributed by atoms with E-state index in [1.54, 1.807) is 0 Å². The molecule has 22 heavy (non-hydrogen) atoms. The summed E-state index contributed by atoms with van der Waals surface area (Å²) in [6.45, 7) is 2.12. The number of para-hydroxylation sites is 1. The normalized spacial score (nSPS) is 9.91. The Kier molecular flexibility index (Phi) is 5.91. The maximum atomic E-state index is 11.9. The first-order valence-corrected chi connectivity index (χ1v) is 7.90. The van der Waals surface area contributed by atoms with Crippen molar-refractivity contribution in [3.05, 3.63) is 58.6 Å². The predicted molar refractivity (Wildman–Crippen MR) is 98.2 cm³/mol. The van der Waals surface area contributed by atoms with E-state index in [0.717, 1.165) is 15.8 Å². The first kappa shape index (κ1) is 16.5. The number of rotatable bonds is 4. The third-order valence-corrected chi connectivity index (χ3v) is 3.80. The number of anilines is 2. The minimum absolute atomic E-state index is 0.0963. The van der Waals surface area contributed by atoms with Gasteiger partial charge < -0.3 is 16.0 Å². The van der Waals surface area contributed by atoms with Gasteiger partial charge in [0.15, 0.2) is 5.11 Å². The van der Waals surface area contributed by atoms with Crippen LogP contribution in [0, 0.1) is 6.92 Å². The van der Waals surface area contributed by atoms with Gasteiger partial charge >= 0.3 is 0 Å². The van der Waals surface area contributed by atoms with Crippen molar-refractivity contribution in [3.63, 3.8) is 0 Å². The Balaban J connectivity index is 1.79. The topological polar surface area (TPSA) is 53.2 Å². The summed E-state index contributed by atoms with van der Waals surface area (Å²) in [5.41, 5.74) is 2.79. The fraction of sp³-hybridized carbons (Fsp3) is 0.125. The molecule has 0 atom stereocenters. The Bertz CT molecular complexity index is 673. The summed E-state index contributed by atoms with van der Waals surface area (Å²) in [4.78, 5) is 11.9. The maximum absolute atomic E-state index is 11.9. The van der Waals surface area contributed by atoms with E-state index >= 15 is 0 Å². The number of nitrogens with one attached hydrogen (secondary N) is 3. The van der Waals surface area contributed by atoms with Crippen LogP contribution in [0.25, 0.3) is 0 Å². The van der Waals surface area contributed by atoms with Crippen LogP contribution in [0.15, 0.2) is 53.0 Å². The summed E-state index contributed by atoms with van der Waals surface area (Å²) >= 11 is 8.55. The van der Waals surface area contributed by atoms with Gasteiger partial charge in [0, 0.05) is 10.2 Å². The summed E-state index contributed by atoms with van der Waals surface area (Å²) in [7, 11) is 0. The first-order chi connectivity index (χ1) is 10.5. The molecule has 0 saturated heterocycles. The quantitative estimate of drug-likeness (QED) is 0.711. The zero-order valence-electron chi connectivity index (χ0n) is 12.0. The molecule has 0 aliphatic rings. The number of halogens is 1. The molecule has 2 aromatic carbocycles. The molecule has 114 valence electrons. The highest BCUT2D eigenvalue weighted by molar-refractivity contribution is 9.10. The molecular weight excluding hydrogens is 362 g/mol. The second-order valence-corrected chi connectivity index (χ2v) is 5.96. The zero-order chi connectivity index (χ0) is 15.9. The Labute approximate surface area is 143 Å². The number of hydrogen-bond donors (Lipinski definition) is 3. The molecule has 0 aliphatic heterocycles. The molecule has 0 bridgehead atoms. The molecular formula is C16H16BrN3OS. The van der Waals surface area contributed by atoms with E-state index in [2.05, 4.69) is 31.9 Å². The highest BCUT2D eigenvalue weighted by Gasteiger charge is 2.05. The molecule has 2 rings (SSSR count). The SMILES string of the molecule is Cc1ccc(NC(=S)NCC(=O)Nc2ccccc2Br)cc1. The van der Waals surface area contributed by atoms with Gasteiger partial charge in [0.25, 0.3) is 0 Å². The van der Waals surface area contributed by atoms with E-state index in [1.807, 2.05) is 55.5 Å². The molecule has 2 aromatic rings. The van der Waals surface area contributed by atoms with Crippen LogP contribution in [-0.4, -0.2) is 17.6 Å². The van der Waals surface area contributed by atoms with Gasteiger partial charge in [0.2, 0.25) is 5.91 Å². The number of carbonyl (C=O) groups is 1. The van der Waals surface area contributed by atoms with Gasteiger partial charge in [-0.3, -0.25) is 4.79 Å². The largest absolute Gasteiger partial charge is 0.353 e. The van der Waals surface area contributed by atoms with Crippen molar-refractivity contribution in [2.45, 2.75) is 6.92 Å². The monoisotopic (exact) mass is 377 g/mol. The third-order valence-electron chi connectivity index (χ3n) is 2.87. The van der Waals surface area contributed by atoms with Crippen molar-refractivity contribution < 1.29 is 4.79 Å². The Morgan fingerprint density at radius 3 is 2.45 bits per heavy atom. The molecule has 4 nitrogen and oxygen atoms in total. The number of aryl methyl sites for hydroxylation is 1. The summed E-state index contributed by atoms with van der Waals surface area (Å²) in [5.74, 6) is -0.167. The number of hydrogen-bond acceptors (Lipinski definition) is 2. The Hall–Kier alpha value is -1.92. The number of thiocarbonyl (C=S) groups is 1. The smallest absolute Gasteiger partial charge is 0.243 e. The molecule has 1 amide bonds. The van der Waals surface area contributed by atoms with Crippen molar-refractivity contribution in [1.29, 1.82) is 0 Å². The van der Waals surface area contributed by atoms with Crippen LogP contribution in [0.3, 0.4) is 0 Å². The third kappa shape index (κ3) is 5.13. The molecule has 3 N–H and O–H groups in total. The van der Waals surface area contributed by atoms with Crippen LogP contribution in [0.4, 0.5) is 11.4 Å². The molecule has 0 unspecified atom stereocenters. The van der Waals surface area contributed by atoms with Crippen molar-refractivity contribution in [3.8, 4) is 0 Å². The Morgan fingerprint density at radius 1 is 1.09 bits per heavy atom. The Morgan fingerprint density at radius 2 is 1.77 bits per heavy atom. The highest BCUT2D eigenvalue weighted by atomic mass is 79.9. The molecule has 0 radical (unpaired) electrons. The fourth-order valence-corrected chi connectivity index (χ4v) is 2.30. The van der Waals surface area contributed by atoms with Crippen LogP contribution in [0.1, 0.15) is 5.56 Å². The fourth-order valence-electron chi connectivity index (χ4n) is 1.73. The van der Waals surface area contributed by atoms with E-state index in [4.69, 9.17) is 12.2 Å². The van der Waals surface area contributed by atoms with Crippen LogP contribution in [-0.2, 0) is 4.79 Å². The van der Waals surface area contributed by atoms with E-state index in [0.29, 0.717) is 5.11 Å². The second-order valence-electron chi connectivity index (χ2n) is 4.70. The molecule has 0 saturated carbocycles. The molecule has 0 heterocycles. The lowest BCUT2D eigenvalue weighted by Crippen LogP contribution is -2.35. The van der Waals surface area contributed by atoms with Crippen molar-refractivity contribution in [2.75, 3.05) is 17.2 Å². The van der Waals surface area contributed by atoms with Gasteiger partial charge in [-0.05, 0) is 59.3 Å². The molecule has 0 fully saturated rings. The molecule has 6 heteroatoms. The minimum atomic E-state index is -0.167. The second kappa shape index (κ2) is 7.91. The van der Waals surface area contributed by atoms with E-state index in [-0.39, 0.29) is 12.5 Å². The van der Waals surface area contributed by atoms with E-state index in [1.165, 1.54) is 5.56 Å². The zero-order valence-corrected chi connectivity index (χ0v) is 14.4. The van der Waals surface area contributed by atoms with Crippen LogP contribution >= 0.6 is 28.1 Å². The average Bonchev–Trinajstić information content (AvgIpc) is 2.50. The summed E-state index contributed by atoms with van der Waals surface area (Å²) in [6, 6.07) is 15.3. The van der Waals surface area contributed by atoms with Gasteiger partial charge in [0.05, 0.1) is 12.2 Å². The predicted octanol–water partition coefficient (Wildman–Crippen LogP) is 3.68.